The van der Waals surface area contributed by atoms with Gasteiger partial charge in [-0.3, -0.25) is 10.1 Å². The van der Waals surface area contributed by atoms with Gasteiger partial charge in [0.15, 0.2) is 0 Å². The molecule has 0 aliphatic rings. The summed E-state index contributed by atoms with van der Waals surface area (Å²) in [4.78, 5) is 20.7. The molecule has 16 heavy (non-hydrogen) atoms. The van der Waals surface area contributed by atoms with Gasteiger partial charge in [-0.15, -0.1) is 0 Å². The maximum absolute atomic E-state index is 10.6. The van der Waals surface area contributed by atoms with Crippen molar-refractivity contribution in [1.82, 2.24) is 5.43 Å². The molecule has 0 aromatic rings. The van der Waals surface area contributed by atoms with Gasteiger partial charge in [0.2, 0.25) is 6.04 Å². The zero-order valence-corrected chi connectivity index (χ0v) is 9.60. The highest BCUT2D eigenvalue weighted by molar-refractivity contribution is 5.83. The summed E-state index contributed by atoms with van der Waals surface area (Å²) in [6.45, 7) is 3.60. The molecule has 0 radical (unpaired) electrons. The number of rotatable bonds is 7. The molecule has 3 N–H and O–H groups in total. The van der Waals surface area contributed by atoms with E-state index in [1.165, 1.54) is 0 Å². The molecular formula is C9H18N4O3. The number of hydrogen-bond donors (Lipinski definition) is 2. The topological polar surface area (TPSA) is 111 Å². The van der Waals surface area contributed by atoms with Crippen LogP contribution in [0.4, 0.5) is 4.79 Å². The second-order valence-corrected chi connectivity index (χ2v) is 3.59. The Kier molecular flexibility index (Phi) is 6.82. The Morgan fingerprint density at radius 1 is 1.56 bits per heavy atom. The molecule has 0 saturated carbocycles. The molecule has 1 atom stereocenters. The van der Waals surface area contributed by atoms with E-state index in [0.717, 1.165) is 6.42 Å². The minimum Gasteiger partial charge on any atom is -0.350 e. The van der Waals surface area contributed by atoms with Crippen LogP contribution in [0.1, 0.15) is 39.5 Å². The number of nitrogens with zero attached hydrogens (tertiary/aromatic N) is 2. The largest absolute Gasteiger partial charge is 0.350 e. The Balaban J connectivity index is 4.04. The maximum atomic E-state index is 10.6. The number of primary amides is 1. The summed E-state index contributed by atoms with van der Waals surface area (Å²) in [6.07, 6.45) is 2.24. The lowest BCUT2D eigenvalue weighted by Crippen LogP contribution is -2.26. The van der Waals surface area contributed by atoms with Gasteiger partial charge in [-0.1, -0.05) is 6.92 Å². The standard InChI is InChI=1S/C9H18N4O3/c1-3-4-8(13(15)16)6-5-7(2)11-12-9(10)14/h8H,3-6H2,1-2H3,(H3,10,12,14)/b11-7-/t8-/m0/s1. The molecule has 0 unspecified atom stereocenters. The van der Waals surface area contributed by atoms with Gasteiger partial charge >= 0.3 is 6.03 Å². The number of carbonyl (C=O) groups is 1. The van der Waals surface area contributed by atoms with Crippen LogP contribution in [-0.2, 0) is 0 Å². The molecule has 0 fully saturated rings. The number of carbonyl (C=O) groups excluding carboxylic acids is 1. The van der Waals surface area contributed by atoms with Crippen LogP contribution >= 0.6 is 0 Å². The molecule has 0 aromatic heterocycles. The Labute approximate surface area is 94.2 Å². The van der Waals surface area contributed by atoms with Crippen LogP contribution in [0.25, 0.3) is 0 Å². The van der Waals surface area contributed by atoms with Crippen LogP contribution < -0.4 is 11.2 Å². The van der Waals surface area contributed by atoms with E-state index < -0.39 is 12.1 Å². The van der Waals surface area contributed by atoms with Crippen molar-refractivity contribution in [3.05, 3.63) is 10.1 Å². The predicted molar refractivity (Wildman–Crippen MR) is 60.8 cm³/mol. The summed E-state index contributed by atoms with van der Waals surface area (Å²) in [5, 5.41) is 14.3. The minimum absolute atomic E-state index is 0.266. The van der Waals surface area contributed by atoms with Crippen molar-refractivity contribution in [3.8, 4) is 0 Å². The lowest BCUT2D eigenvalue weighted by atomic mass is 10.1. The summed E-state index contributed by atoms with van der Waals surface area (Å²) >= 11 is 0. The van der Waals surface area contributed by atoms with Crippen molar-refractivity contribution in [2.75, 3.05) is 0 Å². The maximum Gasteiger partial charge on any atom is 0.332 e. The van der Waals surface area contributed by atoms with Crippen molar-refractivity contribution in [2.45, 2.75) is 45.6 Å². The van der Waals surface area contributed by atoms with Gasteiger partial charge in [0.05, 0.1) is 0 Å². The number of hydrogen-bond acceptors (Lipinski definition) is 4. The second-order valence-electron chi connectivity index (χ2n) is 3.59. The highest BCUT2D eigenvalue weighted by Crippen LogP contribution is 2.09. The van der Waals surface area contributed by atoms with E-state index in [1.807, 2.05) is 6.92 Å². The fraction of sp³-hybridized carbons (Fsp3) is 0.778. The van der Waals surface area contributed by atoms with E-state index in [9.17, 15) is 14.9 Å². The summed E-state index contributed by atoms with van der Waals surface area (Å²) in [7, 11) is 0. The summed E-state index contributed by atoms with van der Waals surface area (Å²) in [5.74, 6) is 0. The van der Waals surface area contributed by atoms with Gasteiger partial charge in [-0.2, -0.15) is 5.10 Å². The quantitative estimate of drug-likeness (QED) is 0.390. The fourth-order valence-electron chi connectivity index (χ4n) is 1.27. The van der Waals surface area contributed by atoms with Crippen molar-refractivity contribution >= 4 is 11.7 Å². The van der Waals surface area contributed by atoms with Crippen molar-refractivity contribution in [2.24, 2.45) is 10.8 Å². The monoisotopic (exact) mass is 230 g/mol. The third-order valence-electron chi connectivity index (χ3n) is 2.12. The molecule has 0 heterocycles. The molecule has 0 aliphatic carbocycles. The van der Waals surface area contributed by atoms with E-state index in [2.05, 4.69) is 10.5 Å². The number of nitrogens with one attached hydrogen (secondary N) is 1. The van der Waals surface area contributed by atoms with Gasteiger partial charge in [0.25, 0.3) is 0 Å². The second kappa shape index (κ2) is 7.61. The number of amides is 2. The number of urea groups is 1. The molecule has 0 saturated heterocycles. The first-order valence-electron chi connectivity index (χ1n) is 5.19. The molecule has 0 bridgehead atoms. The first-order valence-corrected chi connectivity index (χ1v) is 5.19. The van der Waals surface area contributed by atoms with Crippen molar-refractivity contribution in [3.63, 3.8) is 0 Å². The van der Waals surface area contributed by atoms with Gasteiger partial charge < -0.3 is 5.73 Å². The van der Waals surface area contributed by atoms with Gasteiger partial charge in [0, 0.05) is 23.5 Å². The smallest absolute Gasteiger partial charge is 0.332 e. The molecule has 2 amide bonds. The molecular weight excluding hydrogens is 212 g/mol. The average Bonchev–Trinajstić information content (AvgIpc) is 2.20. The highest BCUT2D eigenvalue weighted by Gasteiger charge is 2.18. The van der Waals surface area contributed by atoms with Crippen LogP contribution in [-0.4, -0.2) is 22.7 Å². The Bertz CT molecular complexity index is 278. The molecule has 0 spiro atoms. The SMILES string of the molecule is CCC[C@@H](CC/C(C)=N\NC(N)=O)[N+](=O)[O-]. The Morgan fingerprint density at radius 2 is 2.19 bits per heavy atom. The van der Waals surface area contributed by atoms with Gasteiger partial charge in [0.1, 0.15) is 0 Å². The molecule has 0 aliphatic heterocycles. The van der Waals surface area contributed by atoms with Gasteiger partial charge in [-0.05, 0) is 19.8 Å². The Hall–Kier alpha value is -1.66. The third kappa shape index (κ3) is 6.74. The number of hydrazone groups is 1. The van der Waals surface area contributed by atoms with E-state index in [1.54, 1.807) is 6.92 Å². The van der Waals surface area contributed by atoms with Crippen LogP contribution in [0.3, 0.4) is 0 Å². The van der Waals surface area contributed by atoms with E-state index in [-0.39, 0.29) is 4.92 Å². The summed E-state index contributed by atoms with van der Waals surface area (Å²) in [6, 6.07) is -1.28. The zero-order chi connectivity index (χ0) is 12.6. The number of nitrogens with two attached hydrogens (primary N) is 1. The summed E-state index contributed by atoms with van der Waals surface area (Å²) in [5.41, 5.74) is 7.54. The number of nitro groups is 1. The van der Waals surface area contributed by atoms with Gasteiger partial charge in [-0.25, -0.2) is 10.2 Å². The normalized spacial score (nSPS) is 13.2. The summed E-state index contributed by atoms with van der Waals surface area (Å²) < 4.78 is 0. The molecule has 0 aromatic carbocycles. The third-order valence-corrected chi connectivity index (χ3v) is 2.12. The lowest BCUT2D eigenvalue weighted by Gasteiger charge is -2.07. The van der Waals surface area contributed by atoms with E-state index >= 15 is 0 Å². The van der Waals surface area contributed by atoms with E-state index in [0.29, 0.717) is 25.0 Å². The lowest BCUT2D eigenvalue weighted by molar-refractivity contribution is -0.524. The first-order chi connectivity index (χ1) is 7.47. The van der Waals surface area contributed by atoms with Crippen LogP contribution in [0.15, 0.2) is 5.10 Å². The minimum atomic E-state index is -0.737. The fourth-order valence-corrected chi connectivity index (χ4v) is 1.27. The molecule has 7 nitrogen and oxygen atoms in total. The molecule has 7 heteroatoms. The average molecular weight is 230 g/mol. The van der Waals surface area contributed by atoms with Crippen LogP contribution in [0.2, 0.25) is 0 Å². The van der Waals surface area contributed by atoms with Crippen LogP contribution in [0.5, 0.6) is 0 Å². The molecule has 92 valence electrons. The van der Waals surface area contributed by atoms with Crippen molar-refractivity contribution in [1.29, 1.82) is 0 Å². The zero-order valence-electron chi connectivity index (χ0n) is 9.60. The first kappa shape index (κ1) is 14.3. The van der Waals surface area contributed by atoms with E-state index in [4.69, 9.17) is 5.73 Å². The Morgan fingerprint density at radius 3 is 2.62 bits per heavy atom. The molecule has 0 rings (SSSR count). The highest BCUT2D eigenvalue weighted by atomic mass is 16.6. The predicted octanol–water partition coefficient (Wildman–Crippen LogP) is 1.26. The van der Waals surface area contributed by atoms with Crippen LogP contribution in [0, 0.1) is 10.1 Å². The van der Waals surface area contributed by atoms with Crippen molar-refractivity contribution < 1.29 is 9.72 Å².